The summed E-state index contributed by atoms with van der Waals surface area (Å²) in [6.07, 6.45) is 7.52. The van der Waals surface area contributed by atoms with E-state index in [1.165, 1.54) is 19.3 Å². The van der Waals surface area contributed by atoms with Gasteiger partial charge in [-0.15, -0.1) is 0 Å². The lowest BCUT2D eigenvalue weighted by atomic mass is 9.50. The maximum Gasteiger partial charge on any atom is 0.116 e. The molecule has 4 aliphatic rings. The Morgan fingerprint density at radius 3 is 1.93 bits per heavy atom. The van der Waals surface area contributed by atoms with Crippen LogP contribution in [0.25, 0.3) is 0 Å². The highest BCUT2D eigenvalue weighted by molar-refractivity contribution is 5.84. The number of carboxylic acid groups (broad SMARTS) is 1. The summed E-state index contributed by atoms with van der Waals surface area (Å²) >= 11 is 0. The molecule has 0 radical (unpaired) electrons. The molecular weight excluding hydrogens is 188 g/mol. The summed E-state index contributed by atoms with van der Waals surface area (Å²) in [6.45, 7) is 0. The fraction of sp³-hybridized carbons (Fsp3) is 0.769. The molecule has 4 aliphatic carbocycles. The number of aliphatic carboxylic acids is 1. The Kier molecular flexibility index (Phi) is 1.86. The third kappa shape index (κ3) is 1.55. The van der Waals surface area contributed by atoms with Crippen molar-refractivity contribution < 1.29 is 9.90 Å². The molecule has 0 atom stereocenters. The van der Waals surface area contributed by atoms with Gasteiger partial charge in [0.15, 0.2) is 0 Å². The number of rotatable bonds is 0. The van der Waals surface area contributed by atoms with Crippen molar-refractivity contribution in [1.29, 1.82) is 0 Å². The summed E-state index contributed by atoms with van der Waals surface area (Å²) < 4.78 is 0. The Balaban J connectivity index is 1.88. The molecule has 15 heavy (non-hydrogen) atoms. The van der Waals surface area contributed by atoms with Gasteiger partial charge in [-0.1, -0.05) is 5.92 Å². The second-order valence-electron chi connectivity index (χ2n) is 5.74. The molecule has 2 nitrogen and oxygen atoms in total. The van der Waals surface area contributed by atoms with E-state index in [-0.39, 0.29) is 5.41 Å². The van der Waals surface area contributed by atoms with Gasteiger partial charge in [0.2, 0.25) is 0 Å². The lowest BCUT2D eigenvalue weighted by Gasteiger charge is -2.54. The predicted octanol–water partition coefficient (Wildman–Crippen LogP) is 0.956. The van der Waals surface area contributed by atoms with Gasteiger partial charge in [-0.2, -0.15) is 0 Å². The van der Waals surface area contributed by atoms with Crippen molar-refractivity contribution in [1.82, 2.24) is 0 Å². The molecule has 0 heterocycles. The predicted molar refractivity (Wildman–Crippen MR) is 53.4 cm³/mol. The van der Waals surface area contributed by atoms with Crippen molar-refractivity contribution in [3.8, 4) is 11.8 Å². The molecule has 0 amide bonds. The molecule has 0 aromatic carbocycles. The van der Waals surface area contributed by atoms with Crippen LogP contribution in [0.1, 0.15) is 38.5 Å². The van der Waals surface area contributed by atoms with E-state index in [9.17, 15) is 9.90 Å². The van der Waals surface area contributed by atoms with E-state index in [1.807, 2.05) is 0 Å². The summed E-state index contributed by atoms with van der Waals surface area (Å²) in [7, 11) is 0. The molecule has 0 aromatic rings. The van der Waals surface area contributed by atoms with Crippen LogP contribution in [-0.4, -0.2) is 5.97 Å². The Bertz CT molecular complexity index is 323. The fourth-order valence-electron chi connectivity index (χ4n) is 4.45. The van der Waals surface area contributed by atoms with Crippen LogP contribution in [0.3, 0.4) is 0 Å². The Morgan fingerprint density at radius 2 is 1.53 bits per heavy atom. The van der Waals surface area contributed by atoms with Crippen molar-refractivity contribution in [3.63, 3.8) is 0 Å². The van der Waals surface area contributed by atoms with Gasteiger partial charge < -0.3 is 9.90 Å². The highest BCUT2D eigenvalue weighted by Crippen LogP contribution is 2.59. The minimum Gasteiger partial charge on any atom is -0.537 e. The average molecular weight is 203 g/mol. The minimum atomic E-state index is -1.22. The van der Waals surface area contributed by atoms with Gasteiger partial charge in [0.05, 0.1) is 0 Å². The van der Waals surface area contributed by atoms with Gasteiger partial charge >= 0.3 is 0 Å². The summed E-state index contributed by atoms with van der Waals surface area (Å²) in [5.41, 5.74) is 0.0504. The van der Waals surface area contributed by atoms with Crippen molar-refractivity contribution >= 4 is 5.97 Å². The monoisotopic (exact) mass is 203 g/mol. The molecule has 4 saturated carbocycles. The molecule has 0 N–H and O–H groups in total. The summed E-state index contributed by atoms with van der Waals surface area (Å²) in [5.74, 6) is 6.53. The first-order chi connectivity index (χ1) is 7.15. The van der Waals surface area contributed by atoms with E-state index in [0.717, 1.165) is 37.0 Å². The maximum absolute atomic E-state index is 10.4. The standard InChI is InChI=1S/C13H16O2/c14-12(15)1-2-13-6-9-3-10(7-13)5-11(4-9)8-13/h9-11H,3-8H2,(H,14,15)/p-1. The quantitative estimate of drug-likeness (QED) is 0.550. The first-order valence-electron chi connectivity index (χ1n) is 5.89. The molecule has 4 fully saturated rings. The second-order valence-corrected chi connectivity index (χ2v) is 5.74. The molecule has 80 valence electrons. The number of carbonyl (C=O) groups excluding carboxylic acids is 1. The largest absolute Gasteiger partial charge is 0.537 e. The van der Waals surface area contributed by atoms with E-state index < -0.39 is 5.97 Å². The molecule has 2 heteroatoms. The molecule has 0 aliphatic heterocycles. The zero-order valence-electron chi connectivity index (χ0n) is 8.79. The van der Waals surface area contributed by atoms with Crippen LogP contribution in [-0.2, 0) is 4.79 Å². The smallest absolute Gasteiger partial charge is 0.116 e. The van der Waals surface area contributed by atoms with Crippen LogP contribution in [0.15, 0.2) is 0 Å². The van der Waals surface area contributed by atoms with Crippen LogP contribution in [0, 0.1) is 35.0 Å². The van der Waals surface area contributed by atoms with Crippen LogP contribution in [0.4, 0.5) is 0 Å². The van der Waals surface area contributed by atoms with Crippen molar-refractivity contribution in [3.05, 3.63) is 0 Å². The van der Waals surface area contributed by atoms with Gasteiger partial charge in [-0.3, -0.25) is 0 Å². The molecule has 4 rings (SSSR count). The van der Waals surface area contributed by atoms with Crippen LogP contribution in [0.2, 0.25) is 0 Å². The van der Waals surface area contributed by atoms with E-state index in [0.29, 0.717) is 0 Å². The van der Waals surface area contributed by atoms with Crippen molar-refractivity contribution in [2.45, 2.75) is 38.5 Å². The fourth-order valence-corrected chi connectivity index (χ4v) is 4.45. The SMILES string of the molecule is O=C([O-])C#CC12CC3CC(CC(C3)C1)C2. The van der Waals surface area contributed by atoms with Crippen LogP contribution >= 0.6 is 0 Å². The summed E-state index contributed by atoms with van der Waals surface area (Å²) in [4.78, 5) is 10.4. The number of carbonyl (C=O) groups is 1. The molecule has 0 saturated heterocycles. The highest BCUT2D eigenvalue weighted by Gasteiger charge is 2.50. The number of hydrogen-bond acceptors (Lipinski definition) is 2. The third-order valence-corrected chi connectivity index (χ3v) is 4.47. The summed E-state index contributed by atoms with van der Waals surface area (Å²) in [5, 5.41) is 10.4. The maximum atomic E-state index is 10.4. The highest BCUT2D eigenvalue weighted by atomic mass is 16.4. The topological polar surface area (TPSA) is 40.1 Å². The third-order valence-electron chi connectivity index (χ3n) is 4.47. The van der Waals surface area contributed by atoms with E-state index in [2.05, 4.69) is 11.8 Å². The molecular formula is C13H15O2-. The normalized spacial score (nSPS) is 46.0. The Morgan fingerprint density at radius 1 is 1.07 bits per heavy atom. The molecule has 4 bridgehead atoms. The van der Waals surface area contributed by atoms with Crippen molar-refractivity contribution in [2.75, 3.05) is 0 Å². The average Bonchev–Trinajstić information content (AvgIpc) is 2.12. The zero-order chi connectivity index (χ0) is 10.5. The lowest BCUT2D eigenvalue weighted by molar-refractivity contribution is -0.295. The molecule has 0 spiro atoms. The van der Waals surface area contributed by atoms with Gasteiger partial charge in [0, 0.05) is 5.41 Å². The second kappa shape index (κ2) is 3.01. The van der Waals surface area contributed by atoms with E-state index in [1.54, 1.807) is 0 Å². The van der Waals surface area contributed by atoms with Gasteiger partial charge in [0.1, 0.15) is 5.97 Å². The molecule has 0 unspecified atom stereocenters. The molecule has 0 aromatic heterocycles. The Labute approximate surface area is 90.1 Å². The van der Waals surface area contributed by atoms with Crippen molar-refractivity contribution in [2.24, 2.45) is 23.2 Å². The summed E-state index contributed by atoms with van der Waals surface area (Å²) in [6, 6.07) is 0. The van der Waals surface area contributed by atoms with Crippen LogP contribution in [0.5, 0.6) is 0 Å². The van der Waals surface area contributed by atoms with Crippen LogP contribution < -0.4 is 5.11 Å². The van der Waals surface area contributed by atoms with Gasteiger partial charge in [-0.05, 0) is 62.2 Å². The first kappa shape index (κ1) is 9.27. The number of hydrogen-bond donors (Lipinski definition) is 0. The number of carboxylic acids is 1. The lowest BCUT2D eigenvalue weighted by Crippen LogP contribution is -2.45. The van der Waals surface area contributed by atoms with E-state index >= 15 is 0 Å². The van der Waals surface area contributed by atoms with E-state index in [4.69, 9.17) is 0 Å². The van der Waals surface area contributed by atoms with Gasteiger partial charge in [0.25, 0.3) is 0 Å². The first-order valence-corrected chi connectivity index (χ1v) is 5.89. The minimum absolute atomic E-state index is 0.0504. The zero-order valence-corrected chi connectivity index (χ0v) is 8.79. The van der Waals surface area contributed by atoms with Gasteiger partial charge in [-0.25, -0.2) is 0 Å². The Hall–Kier alpha value is -0.970.